The predicted octanol–water partition coefficient (Wildman–Crippen LogP) is 17.5. The van der Waals surface area contributed by atoms with Crippen LogP contribution in [0, 0.1) is 0 Å². The van der Waals surface area contributed by atoms with E-state index < -0.39 is 0 Å². The van der Waals surface area contributed by atoms with E-state index in [2.05, 4.69) is 243 Å². The van der Waals surface area contributed by atoms with Gasteiger partial charge in [0.15, 0.2) is 0 Å². The molecule has 0 amide bonds. The summed E-state index contributed by atoms with van der Waals surface area (Å²) in [7, 11) is 0. The smallest absolute Gasteiger partial charge is 0.0320 e. The average Bonchev–Trinajstić information content (AvgIpc) is 3.41. The Kier molecular flexibility index (Phi) is 11.3. The molecule has 11 aromatic carbocycles. The van der Waals surface area contributed by atoms with E-state index in [-0.39, 0.29) is 0 Å². The van der Waals surface area contributed by atoms with Crippen molar-refractivity contribution in [3.63, 3.8) is 0 Å². The van der Waals surface area contributed by atoms with E-state index in [1.54, 1.807) is 0 Å². The first kappa shape index (κ1) is 41.7. The number of benzene rings is 11. The average molecular weight is 869 g/mol. The molecule has 4 N–H and O–H groups in total. The molecule has 0 aliphatic carbocycles. The molecular formula is C66H48N2. The summed E-state index contributed by atoms with van der Waals surface area (Å²) >= 11 is 0. The molecule has 11 aromatic rings. The third kappa shape index (κ3) is 8.75. The first-order valence-electron chi connectivity index (χ1n) is 23.1. The Morgan fingerprint density at radius 2 is 0.441 bits per heavy atom. The Labute approximate surface area is 399 Å². The number of rotatable bonds is 10. The molecular weight excluding hydrogens is 821 g/mol. The highest BCUT2D eigenvalue weighted by Crippen LogP contribution is 2.45. The molecule has 0 unspecified atom stereocenters. The van der Waals surface area contributed by atoms with Crippen LogP contribution < -0.4 is 11.5 Å². The predicted molar refractivity (Wildman–Crippen MR) is 290 cm³/mol. The van der Waals surface area contributed by atoms with Gasteiger partial charge < -0.3 is 11.5 Å². The third-order valence-electron chi connectivity index (χ3n) is 12.9. The molecule has 0 heterocycles. The quantitative estimate of drug-likeness (QED) is 0.135. The zero-order valence-electron chi connectivity index (χ0n) is 37.6. The lowest BCUT2D eigenvalue weighted by atomic mass is 9.84. The van der Waals surface area contributed by atoms with Gasteiger partial charge in [-0.25, -0.2) is 0 Å². The largest absolute Gasteiger partial charge is 0.399 e. The molecule has 0 saturated heterocycles. The molecule has 0 radical (unpaired) electrons. The van der Waals surface area contributed by atoms with Crippen molar-refractivity contribution in [3.05, 3.63) is 267 Å². The summed E-state index contributed by atoms with van der Waals surface area (Å²) in [4.78, 5) is 0. The first-order valence-corrected chi connectivity index (χ1v) is 23.1. The molecule has 0 aromatic heterocycles. The Morgan fingerprint density at radius 3 is 0.779 bits per heavy atom. The topological polar surface area (TPSA) is 52.0 Å². The van der Waals surface area contributed by atoms with Gasteiger partial charge in [0.1, 0.15) is 0 Å². The first-order chi connectivity index (χ1) is 33.5. The zero-order valence-corrected chi connectivity index (χ0v) is 37.6. The summed E-state index contributed by atoms with van der Waals surface area (Å²) in [6, 6.07) is 95.5. The number of nitrogens with two attached hydrogens (primary N) is 2. The second kappa shape index (κ2) is 18.5. The fraction of sp³-hybridized carbons (Fsp3) is 0. The molecule has 0 spiro atoms. The molecule has 68 heavy (non-hydrogen) atoms. The summed E-state index contributed by atoms with van der Waals surface area (Å²) < 4.78 is 0. The lowest BCUT2D eigenvalue weighted by Crippen LogP contribution is -1.95. The van der Waals surface area contributed by atoms with E-state index in [1.165, 1.54) is 44.5 Å². The van der Waals surface area contributed by atoms with Gasteiger partial charge >= 0.3 is 0 Å². The summed E-state index contributed by atoms with van der Waals surface area (Å²) in [5.41, 5.74) is 37.2. The van der Waals surface area contributed by atoms with Gasteiger partial charge in [0, 0.05) is 11.4 Å². The second-order valence-electron chi connectivity index (χ2n) is 17.4. The lowest BCUT2D eigenvalue weighted by molar-refractivity contribution is 1.53. The summed E-state index contributed by atoms with van der Waals surface area (Å²) in [6.07, 6.45) is 0. The van der Waals surface area contributed by atoms with Gasteiger partial charge in [0.25, 0.3) is 0 Å². The van der Waals surface area contributed by atoms with Crippen molar-refractivity contribution in [2.45, 2.75) is 0 Å². The molecule has 322 valence electrons. The minimum Gasteiger partial charge on any atom is -0.399 e. The lowest BCUT2D eigenvalue weighted by Gasteiger charge is -2.20. The highest BCUT2D eigenvalue weighted by atomic mass is 14.5. The van der Waals surface area contributed by atoms with Crippen molar-refractivity contribution in [2.24, 2.45) is 0 Å². The van der Waals surface area contributed by atoms with Gasteiger partial charge in [0.05, 0.1) is 0 Å². The van der Waals surface area contributed by atoms with Crippen LogP contribution in [0.25, 0.3) is 111 Å². The highest BCUT2D eigenvalue weighted by Gasteiger charge is 2.19. The van der Waals surface area contributed by atoms with Gasteiger partial charge in [-0.3, -0.25) is 0 Å². The summed E-state index contributed by atoms with van der Waals surface area (Å²) in [5, 5.41) is 0. The Balaban J connectivity index is 1.06. The second-order valence-corrected chi connectivity index (χ2v) is 17.4. The highest BCUT2D eigenvalue weighted by molar-refractivity contribution is 5.99. The van der Waals surface area contributed by atoms with Crippen molar-refractivity contribution in [3.8, 4) is 111 Å². The molecule has 11 rings (SSSR count). The van der Waals surface area contributed by atoms with Crippen LogP contribution in [0.4, 0.5) is 11.4 Å². The van der Waals surface area contributed by atoms with Crippen LogP contribution in [0.5, 0.6) is 0 Å². The van der Waals surface area contributed by atoms with Crippen LogP contribution in [0.2, 0.25) is 0 Å². The van der Waals surface area contributed by atoms with Gasteiger partial charge in [-0.05, 0) is 184 Å². The van der Waals surface area contributed by atoms with E-state index in [1.807, 2.05) is 24.3 Å². The number of anilines is 2. The van der Waals surface area contributed by atoms with Crippen molar-refractivity contribution in [1.82, 2.24) is 0 Å². The van der Waals surface area contributed by atoms with Crippen LogP contribution in [0.1, 0.15) is 0 Å². The van der Waals surface area contributed by atoms with Crippen LogP contribution in [0.15, 0.2) is 267 Å². The van der Waals surface area contributed by atoms with Gasteiger partial charge in [0.2, 0.25) is 0 Å². The molecule has 0 aliphatic heterocycles. The fourth-order valence-corrected chi connectivity index (χ4v) is 9.41. The monoisotopic (exact) mass is 868 g/mol. The third-order valence-corrected chi connectivity index (χ3v) is 12.9. The standard InChI is InChI=1S/C66H48N2/c67-62-34-32-53(33-35-62)66-64(51-28-24-49(25-29-51)59-38-55(45-14-5-1-6-15-45)36-56(39-59)46-16-7-2-8-17-46)43-61(54-22-13-23-63(68)42-54)44-65(66)52-30-26-50(27-31-52)60-40-57(47-18-9-3-10-19-47)37-58(41-60)48-20-11-4-12-21-48/h1-44H,67-68H2. The van der Waals surface area contributed by atoms with Crippen LogP contribution >= 0.6 is 0 Å². The molecule has 0 bridgehead atoms. The maximum atomic E-state index is 6.45. The van der Waals surface area contributed by atoms with Crippen LogP contribution in [0.3, 0.4) is 0 Å². The maximum Gasteiger partial charge on any atom is 0.0320 e. The molecule has 0 saturated carbocycles. The number of hydrogen-bond donors (Lipinski definition) is 2. The van der Waals surface area contributed by atoms with Crippen molar-refractivity contribution >= 4 is 11.4 Å². The molecule has 0 atom stereocenters. The van der Waals surface area contributed by atoms with E-state index >= 15 is 0 Å². The van der Waals surface area contributed by atoms with Crippen molar-refractivity contribution in [2.75, 3.05) is 11.5 Å². The van der Waals surface area contributed by atoms with Gasteiger partial charge in [-0.1, -0.05) is 194 Å². The molecule has 2 nitrogen and oxygen atoms in total. The summed E-state index contributed by atoms with van der Waals surface area (Å²) in [5.74, 6) is 0. The Hall–Kier alpha value is -8.98. The normalized spacial score (nSPS) is 11.1. The van der Waals surface area contributed by atoms with E-state index in [4.69, 9.17) is 11.5 Å². The minimum absolute atomic E-state index is 0.724. The van der Waals surface area contributed by atoms with E-state index in [0.29, 0.717) is 0 Å². The minimum atomic E-state index is 0.724. The van der Waals surface area contributed by atoms with Gasteiger partial charge in [-0.2, -0.15) is 0 Å². The van der Waals surface area contributed by atoms with E-state index in [9.17, 15) is 0 Å². The Morgan fingerprint density at radius 1 is 0.162 bits per heavy atom. The molecule has 0 fully saturated rings. The number of nitrogen functional groups attached to an aromatic ring is 2. The van der Waals surface area contributed by atoms with Crippen molar-refractivity contribution in [1.29, 1.82) is 0 Å². The Bertz CT molecular complexity index is 3200. The fourth-order valence-electron chi connectivity index (χ4n) is 9.41. The maximum absolute atomic E-state index is 6.45. The van der Waals surface area contributed by atoms with Crippen LogP contribution in [-0.4, -0.2) is 0 Å². The number of hydrogen-bond acceptors (Lipinski definition) is 2. The van der Waals surface area contributed by atoms with E-state index in [0.717, 1.165) is 78.1 Å². The van der Waals surface area contributed by atoms with Gasteiger partial charge in [-0.15, -0.1) is 0 Å². The molecule has 0 aliphatic rings. The van der Waals surface area contributed by atoms with Crippen molar-refractivity contribution < 1.29 is 0 Å². The zero-order chi connectivity index (χ0) is 45.8. The summed E-state index contributed by atoms with van der Waals surface area (Å²) in [6.45, 7) is 0. The van der Waals surface area contributed by atoms with Crippen LogP contribution in [-0.2, 0) is 0 Å². The SMILES string of the molecule is Nc1ccc(-c2c(-c3ccc(-c4cc(-c5ccccc5)cc(-c5ccccc5)c4)cc3)cc(-c3cccc(N)c3)cc2-c2ccc(-c3cc(-c4ccccc4)cc(-c4ccccc4)c3)cc2)cc1. The molecule has 2 heteroatoms.